The number of hydrogen-bond acceptors (Lipinski definition) is 5. The van der Waals surface area contributed by atoms with Crippen molar-refractivity contribution in [2.45, 2.75) is 36.3 Å². The lowest BCUT2D eigenvalue weighted by Crippen LogP contribution is -2.28. The number of hydrogen-bond donors (Lipinski definition) is 2. The lowest BCUT2D eigenvalue weighted by atomic mass is 9.94. The summed E-state index contributed by atoms with van der Waals surface area (Å²) in [6, 6.07) is 5.74. The number of fused-ring (bicyclic) bond motifs is 1. The molecule has 0 bridgehead atoms. The second-order valence-corrected chi connectivity index (χ2v) is 10.0. The molecule has 1 fully saturated rings. The van der Waals surface area contributed by atoms with Gasteiger partial charge in [-0.15, -0.1) is 0 Å². The van der Waals surface area contributed by atoms with E-state index >= 15 is 0 Å². The summed E-state index contributed by atoms with van der Waals surface area (Å²) in [4.78, 5) is 20.3. The van der Waals surface area contributed by atoms with E-state index in [0.717, 1.165) is 12.3 Å². The normalized spacial score (nSPS) is 17.5. The maximum Gasteiger partial charge on any atom is 0.417 e. The number of carbonyl (C=O) groups excluding carboxylic acids is 1. The first kappa shape index (κ1) is 21.3. The summed E-state index contributed by atoms with van der Waals surface area (Å²) in [5.41, 5.74) is 5.00. The Hall–Kier alpha value is -2.95. The SMILES string of the molecule is CCS(=N)(=O)c1cc(C2(C(N)=O)CC2)ccc1-c1nc2cc(C(F)(F)F)cnc2n1C. The number of pyridine rings is 1. The third-order valence-electron chi connectivity index (χ3n) is 5.79. The van der Waals surface area contributed by atoms with Crippen LogP contribution >= 0.6 is 0 Å². The van der Waals surface area contributed by atoms with E-state index in [9.17, 15) is 22.2 Å². The average molecular weight is 451 g/mol. The molecule has 1 unspecified atom stereocenters. The molecule has 0 radical (unpaired) electrons. The quantitative estimate of drug-likeness (QED) is 0.617. The number of carbonyl (C=O) groups is 1. The van der Waals surface area contributed by atoms with Gasteiger partial charge in [-0.1, -0.05) is 13.0 Å². The Balaban J connectivity index is 1.94. The Morgan fingerprint density at radius 1 is 1.32 bits per heavy atom. The van der Waals surface area contributed by atoms with Crippen LogP contribution in [0.5, 0.6) is 0 Å². The van der Waals surface area contributed by atoms with Crippen molar-refractivity contribution in [1.82, 2.24) is 14.5 Å². The first-order valence-electron chi connectivity index (χ1n) is 9.52. The maximum atomic E-state index is 13.1. The van der Waals surface area contributed by atoms with Gasteiger partial charge in [0.15, 0.2) is 5.65 Å². The molecule has 1 aliphatic rings. The summed E-state index contributed by atoms with van der Waals surface area (Å²) in [5, 5.41) is 0. The molecule has 4 rings (SSSR count). The zero-order chi connectivity index (χ0) is 22.8. The van der Waals surface area contributed by atoms with Crippen molar-refractivity contribution in [2.75, 3.05) is 5.75 Å². The van der Waals surface area contributed by atoms with Gasteiger partial charge in [-0.2, -0.15) is 13.2 Å². The fourth-order valence-electron chi connectivity index (χ4n) is 3.71. The van der Waals surface area contributed by atoms with E-state index in [0.29, 0.717) is 24.0 Å². The van der Waals surface area contributed by atoms with Gasteiger partial charge in [0.2, 0.25) is 5.91 Å². The fraction of sp³-hybridized carbons (Fsp3) is 0.350. The van der Waals surface area contributed by atoms with E-state index in [1.54, 1.807) is 32.2 Å². The van der Waals surface area contributed by atoms with Crippen LogP contribution in [0.1, 0.15) is 30.9 Å². The number of amides is 1. The molecular weight excluding hydrogens is 431 g/mol. The molecule has 164 valence electrons. The molecule has 0 saturated heterocycles. The first-order chi connectivity index (χ1) is 14.4. The molecule has 3 aromatic rings. The molecule has 1 aliphatic carbocycles. The Morgan fingerprint density at radius 3 is 2.55 bits per heavy atom. The topological polar surface area (TPSA) is 115 Å². The van der Waals surface area contributed by atoms with Crippen molar-refractivity contribution >= 4 is 26.8 Å². The monoisotopic (exact) mass is 451 g/mol. The third-order valence-corrected chi connectivity index (χ3v) is 7.66. The van der Waals surface area contributed by atoms with Crippen LogP contribution in [0.15, 0.2) is 35.4 Å². The molecule has 3 N–H and O–H groups in total. The molecule has 2 heterocycles. The predicted molar refractivity (Wildman–Crippen MR) is 109 cm³/mol. The molecule has 1 aromatic carbocycles. The maximum absolute atomic E-state index is 13.1. The van der Waals surface area contributed by atoms with Crippen LogP contribution in [0.4, 0.5) is 13.2 Å². The summed E-state index contributed by atoms with van der Waals surface area (Å²) in [7, 11) is -1.66. The third kappa shape index (κ3) is 3.36. The van der Waals surface area contributed by atoms with Gasteiger partial charge in [0.05, 0.1) is 25.6 Å². The van der Waals surface area contributed by atoms with Crippen LogP contribution in [-0.2, 0) is 33.2 Å². The van der Waals surface area contributed by atoms with Gasteiger partial charge in [-0.05, 0) is 36.6 Å². The highest BCUT2D eigenvalue weighted by Gasteiger charge is 2.50. The number of aromatic nitrogens is 3. The standard InChI is InChI=1S/C20H20F3N5O2S/c1-3-31(25,30)15-9-11(19(6-7-19)18(24)29)4-5-13(15)16-27-14-8-12(20(21,22)23)10-26-17(14)28(16)2/h4-5,8-10,25H,3,6-7H2,1-2H3,(H2,24,29). The number of alkyl halides is 3. The number of benzene rings is 1. The molecule has 1 saturated carbocycles. The van der Waals surface area contributed by atoms with Crippen molar-refractivity contribution in [2.24, 2.45) is 12.8 Å². The number of nitrogens with one attached hydrogen (secondary N) is 1. The second kappa shape index (κ2) is 6.78. The molecule has 1 atom stereocenters. The summed E-state index contributed by atoms with van der Waals surface area (Å²) >= 11 is 0. The Bertz CT molecular complexity index is 1320. The number of nitrogens with zero attached hydrogens (tertiary/aromatic N) is 3. The smallest absolute Gasteiger partial charge is 0.369 e. The van der Waals surface area contributed by atoms with Crippen molar-refractivity contribution in [3.63, 3.8) is 0 Å². The van der Waals surface area contributed by atoms with Crippen molar-refractivity contribution in [1.29, 1.82) is 4.78 Å². The number of halogens is 3. The predicted octanol–water partition coefficient (Wildman–Crippen LogP) is 3.60. The molecular formula is C20H20F3N5O2S. The van der Waals surface area contributed by atoms with Crippen molar-refractivity contribution in [3.8, 4) is 11.4 Å². The number of rotatable bonds is 5. The van der Waals surface area contributed by atoms with E-state index in [4.69, 9.17) is 10.5 Å². The first-order valence-corrected chi connectivity index (χ1v) is 11.2. The van der Waals surface area contributed by atoms with Crippen LogP contribution in [-0.4, -0.2) is 30.4 Å². The van der Waals surface area contributed by atoms with Crippen molar-refractivity contribution < 1.29 is 22.2 Å². The molecule has 0 spiro atoms. The zero-order valence-electron chi connectivity index (χ0n) is 16.8. The van der Waals surface area contributed by atoms with E-state index < -0.39 is 32.8 Å². The summed E-state index contributed by atoms with van der Waals surface area (Å²) in [5.74, 6) is -0.223. The number of imidazole rings is 1. The van der Waals surface area contributed by atoms with E-state index in [1.807, 2.05) is 0 Å². The number of aryl methyl sites for hydroxylation is 1. The minimum absolute atomic E-state index is 0.0213. The van der Waals surface area contributed by atoms with Crippen LogP contribution < -0.4 is 5.73 Å². The Labute approximate surface area is 176 Å². The molecule has 1 amide bonds. The minimum atomic E-state index is -4.56. The summed E-state index contributed by atoms with van der Waals surface area (Å²) in [6.07, 6.45) is -2.68. The molecule has 31 heavy (non-hydrogen) atoms. The van der Waals surface area contributed by atoms with E-state index in [1.165, 1.54) is 4.57 Å². The van der Waals surface area contributed by atoms with Gasteiger partial charge >= 0.3 is 6.18 Å². The average Bonchev–Trinajstić information content (AvgIpc) is 3.46. The minimum Gasteiger partial charge on any atom is -0.369 e. The van der Waals surface area contributed by atoms with Gasteiger partial charge in [-0.3, -0.25) is 4.79 Å². The van der Waals surface area contributed by atoms with Crippen LogP contribution in [0, 0.1) is 4.78 Å². The van der Waals surface area contributed by atoms with Gasteiger partial charge < -0.3 is 10.3 Å². The van der Waals surface area contributed by atoms with E-state index in [2.05, 4.69) is 9.97 Å². The lowest BCUT2D eigenvalue weighted by Gasteiger charge is -2.17. The second-order valence-electron chi connectivity index (χ2n) is 7.68. The molecule has 7 nitrogen and oxygen atoms in total. The van der Waals surface area contributed by atoms with Crippen molar-refractivity contribution in [3.05, 3.63) is 41.6 Å². The Morgan fingerprint density at radius 2 is 2.00 bits per heavy atom. The number of nitrogens with two attached hydrogens (primary N) is 1. The van der Waals surface area contributed by atoms with Gasteiger partial charge in [0, 0.05) is 24.6 Å². The lowest BCUT2D eigenvalue weighted by molar-refractivity contribution is -0.137. The van der Waals surface area contributed by atoms with Gasteiger partial charge in [0.1, 0.15) is 11.3 Å². The largest absolute Gasteiger partial charge is 0.417 e. The Kier molecular flexibility index (Phi) is 4.65. The molecule has 2 aromatic heterocycles. The van der Waals surface area contributed by atoms with Gasteiger partial charge in [0.25, 0.3) is 0 Å². The highest BCUT2D eigenvalue weighted by Crippen LogP contribution is 2.49. The molecule has 0 aliphatic heterocycles. The zero-order valence-corrected chi connectivity index (χ0v) is 17.6. The summed E-state index contributed by atoms with van der Waals surface area (Å²) < 4.78 is 62.1. The van der Waals surface area contributed by atoms with Crippen LogP contribution in [0.2, 0.25) is 0 Å². The van der Waals surface area contributed by atoms with Gasteiger partial charge in [-0.25, -0.2) is 19.0 Å². The fourth-order valence-corrected chi connectivity index (χ4v) is 4.85. The highest BCUT2D eigenvalue weighted by atomic mass is 32.2. The van der Waals surface area contributed by atoms with E-state index in [-0.39, 0.29) is 27.6 Å². The summed E-state index contributed by atoms with van der Waals surface area (Å²) in [6.45, 7) is 1.61. The van der Waals surface area contributed by atoms with Crippen LogP contribution in [0.25, 0.3) is 22.6 Å². The van der Waals surface area contributed by atoms with Crippen LogP contribution in [0.3, 0.4) is 0 Å². The number of primary amides is 1. The molecule has 11 heteroatoms. The highest BCUT2D eigenvalue weighted by molar-refractivity contribution is 7.92.